The minimum absolute atomic E-state index is 0.125. The fourth-order valence-electron chi connectivity index (χ4n) is 3.04. The zero-order valence-electron chi connectivity index (χ0n) is 15.0. The van der Waals surface area contributed by atoms with Gasteiger partial charge in [0, 0.05) is 46.8 Å². The lowest BCUT2D eigenvalue weighted by Crippen LogP contribution is -2.28. The topological polar surface area (TPSA) is 89.2 Å². The molecule has 0 fully saturated rings. The quantitative estimate of drug-likeness (QED) is 0.738. The highest BCUT2D eigenvalue weighted by molar-refractivity contribution is 6.34. The van der Waals surface area contributed by atoms with Gasteiger partial charge in [0.1, 0.15) is 6.54 Å². The third-order valence-electron chi connectivity index (χ3n) is 4.34. The zero-order valence-corrected chi connectivity index (χ0v) is 15.8. The molecule has 0 saturated heterocycles. The van der Waals surface area contributed by atoms with Gasteiger partial charge in [-0.25, -0.2) is 19.8 Å². The van der Waals surface area contributed by atoms with Crippen LogP contribution < -0.4 is 11.0 Å². The highest BCUT2D eigenvalue weighted by Gasteiger charge is 2.20. The average molecular weight is 394 g/mol. The van der Waals surface area contributed by atoms with E-state index in [0.29, 0.717) is 22.9 Å². The van der Waals surface area contributed by atoms with E-state index in [2.05, 4.69) is 26.3 Å². The molecule has 0 radical (unpaired) electrons. The molecule has 0 spiro atoms. The first kappa shape index (κ1) is 18.1. The van der Waals surface area contributed by atoms with E-state index >= 15 is 0 Å². The molecule has 0 aliphatic carbocycles. The number of pyridine rings is 1. The summed E-state index contributed by atoms with van der Waals surface area (Å²) in [5.41, 5.74) is 3.77. The zero-order chi connectivity index (χ0) is 19.7. The fraction of sp³-hybridized carbons (Fsp3) is 0.150. The largest absolute Gasteiger partial charge is 0.347 e. The van der Waals surface area contributed by atoms with Crippen LogP contribution in [0.3, 0.4) is 0 Å². The Morgan fingerprint density at radius 3 is 2.96 bits per heavy atom. The number of hydrogen-bond acceptors (Lipinski definition) is 5. The molecule has 1 aromatic carbocycles. The van der Waals surface area contributed by atoms with Crippen LogP contribution >= 0.6 is 11.6 Å². The maximum atomic E-state index is 12.3. The number of amides is 1. The number of halogens is 1. The van der Waals surface area contributed by atoms with E-state index in [0.717, 1.165) is 22.4 Å². The van der Waals surface area contributed by atoms with Crippen LogP contribution in [0, 0.1) is 6.92 Å². The second-order valence-electron chi connectivity index (χ2n) is 6.50. The Morgan fingerprint density at radius 2 is 2.14 bits per heavy atom. The molecule has 4 rings (SSSR count). The minimum atomic E-state index is -0.477. The second-order valence-corrected chi connectivity index (χ2v) is 6.91. The predicted molar refractivity (Wildman–Crippen MR) is 107 cm³/mol. The summed E-state index contributed by atoms with van der Waals surface area (Å²) < 4.78 is 1.23. The number of carbonyl (C=O) groups is 1. The Bertz CT molecular complexity index is 1170. The number of carbonyl (C=O) groups excluding carboxylic acids is 1. The average Bonchev–Trinajstić information content (AvgIpc) is 3.08. The molecule has 140 valence electrons. The second kappa shape index (κ2) is 7.36. The number of anilines is 1. The summed E-state index contributed by atoms with van der Waals surface area (Å²) in [5, 5.41) is 3.33. The molecule has 3 aromatic rings. The van der Waals surface area contributed by atoms with Gasteiger partial charge in [0.05, 0.1) is 5.71 Å². The van der Waals surface area contributed by atoms with Gasteiger partial charge in [-0.05, 0) is 36.8 Å². The van der Waals surface area contributed by atoms with Gasteiger partial charge in [-0.3, -0.25) is 9.36 Å². The van der Waals surface area contributed by atoms with E-state index in [4.69, 9.17) is 11.6 Å². The van der Waals surface area contributed by atoms with Gasteiger partial charge in [-0.1, -0.05) is 17.7 Å². The van der Waals surface area contributed by atoms with Gasteiger partial charge in [0.2, 0.25) is 5.91 Å². The molecular formula is C20H16ClN5O2. The Balaban J connectivity index is 1.54. The van der Waals surface area contributed by atoms with Crippen LogP contribution in [-0.4, -0.2) is 26.2 Å². The van der Waals surface area contributed by atoms with E-state index in [-0.39, 0.29) is 12.5 Å². The van der Waals surface area contributed by atoms with Crippen molar-refractivity contribution in [3.63, 3.8) is 0 Å². The Hall–Kier alpha value is -3.32. The molecule has 0 atom stereocenters. The summed E-state index contributed by atoms with van der Waals surface area (Å²) in [7, 11) is 0. The van der Waals surface area contributed by atoms with Crippen molar-refractivity contribution in [1.29, 1.82) is 0 Å². The molecule has 1 aliphatic rings. The number of rotatable bonds is 4. The summed E-state index contributed by atoms with van der Waals surface area (Å²) in [6.45, 7) is 1.86. The lowest BCUT2D eigenvalue weighted by molar-refractivity contribution is -0.116. The summed E-state index contributed by atoms with van der Waals surface area (Å²) in [6, 6.07) is 8.86. The number of fused-ring (bicyclic) bond motifs is 1. The molecule has 1 aliphatic heterocycles. The third-order valence-corrected chi connectivity index (χ3v) is 4.67. The number of aliphatic imine (C=N–C) groups is 1. The summed E-state index contributed by atoms with van der Waals surface area (Å²) in [5.74, 6) is 0.361. The number of nitrogens with one attached hydrogen (secondary N) is 1. The molecule has 0 unspecified atom stereocenters. The monoisotopic (exact) mass is 393 g/mol. The van der Waals surface area contributed by atoms with Crippen molar-refractivity contribution >= 4 is 34.7 Å². The number of nitrogens with zero attached hydrogens (tertiary/aromatic N) is 4. The van der Waals surface area contributed by atoms with Crippen molar-refractivity contribution in [2.75, 3.05) is 5.32 Å². The van der Waals surface area contributed by atoms with Crippen molar-refractivity contribution < 1.29 is 4.79 Å². The molecule has 7 nitrogen and oxygen atoms in total. The van der Waals surface area contributed by atoms with Crippen LogP contribution in [0.15, 0.2) is 58.7 Å². The fourth-order valence-corrected chi connectivity index (χ4v) is 3.27. The number of aromatic nitrogens is 3. The van der Waals surface area contributed by atoms with E-state index in [1.165, 1.54) is 17.0 Å². The van der Waals surface area contributed by atoms with E-state index in [1.54, 1.807) is 30.5 Å². The predicted octanol–water partition coefficient (Wildman–Crippen LogP) is 2.92. The van der Waals surface area contributed by atoms with Gasteiger partial charge in [0.15, 0.2) is 5.82 Å². The molecule has 1 amide bonds. The van der Waals surface area contributed by atoms with E-state index in [1.807, 2.05) is 6.92 Å². The van der Waals surface area contributed by atoms with Crippen LogP contribution in [0.25, 0.3) is 0 Å². The molecule has 28 heavy (non-hydrogen) atoms. The Morgan fingerprint density at radius 1 is 1.29 bits per heavy atom. The molecule has 0 saturated carbocycles. The molecule has 0 bridgehead atoms. The smallest absolute Gasteiger partial charge is 0.325 e. The standard InChI is InChI=1S/C20H16ClN5O2/c1-12-7-13-8-17(25-19(13)23-10-12)15-9-14(3-4-16(15)21)24-18(27)11-26-6-2-5-22-20(26)28/h2-7,9-10H,8,11H2,1H3,(H,24,27). The first-order chi connectivity index (χ1) is 13.5. The van der Waals surface area contributed by atoms with Crippen LogP contribution in [0.5, 0.6) is 0 Å². The minimum Gasteiger partial charge on any atom is -0.325 e. The van der Waals surface area contributed by atoms with Gasteiger partial charge >= 0.3 is 5.69 Å². The molecule has 1 N–H and O–H groups in total. The van der Waals surface area contributed by atoms with E-state index < -0.39 is 5.69 Å². The molecule has 8 heteroatoms. The normalized spacial score (nSPS) is 12.4. The third kappa shape index (κ3) is 3.70. The van der Waals surface area contributed by atoms with Crippen molar-refractivity contribution in [1.82, 2.24) is 14.5 Å². The first-order valence-corrected chi connectivity index (χ1v) is 9.02. The summed E-state index contributed by atoms with van der Waals surface area (Å²) in [6.07, 6.45) is 5.32. The van der Waals surface area contributed by atoms with Gasteiger partial charge in [-0.15, -0.1) is 0 Å². The van der Waals surface area contributed by atoms with Gasteiger partial charge < -0.3 is 5.32 Å². The van der Waals surface area contributed by atoms with Gasteiger partial charge in [0.25, 0.3) is 0 Å². The van der Waals surface area contributed by atoms with Crippen molar-refractivity contribution in [3.05, 3.63) is 81.1 Å². The van der Waals surface area contributed by atoms with Crippen LogP contribution in [0.4, 0.5) is 11.5 Å². The lowest BCUT2D eigenvalue weighted by atomic mass is 10.0. The van der Waals surface area contributed by atoms with Crippen molar-refractivity contribution in [2.45, 2.75) is 19.9 Å². The Kier molecular flexibility index (Phi) is 4.75. The summed E-state index contributed by atoms with van der Waals surface area (Å²) >= 11 is 6.37. The van der Waals surface area contributed by atoms with Crippen LogP contribution in [-0.2, 0) is 17.8 Å². The molecule has 3 heterocycles. The highest BCUT2D eigenvalue weighted by Crippen LogP contribution is 2.31. The van der Waals surface area contributed by atoms with E-state index in [9.17, 15) is 9.59 Å². The maximum Gasteiger partial charge on any atom is 0.347 e. The number of benzene rings is 1. The SMILES string of the molecule is Cc1cnc2c(c1)CC(c1cc(NC(=O)Cn3cccnc3=O)ccc1Cl)=N2. The maximum absolute atomic E-state index is 12.3. The van der Waals surface area contributed by atoms with Crippen molar-refractivity contribution in [3.8, 4) is 0 Å². The lowest BCUT2D eigenvalue weighted by Gasteiger charge is -2.10. The van der Waals surface area contributed by atoms with Crippen LogP contribution in [0.1, 0.15) is 16.7 Å². The molecule has 2 aromatic heterocycles. The number of aryl methyl sites for hydroxylation is 1. The van der Waals surface area contributed by atoms with Crippen molar-refractivity contribution in [2.24, 2.45) is 4.99 Å². The van der Waals surface area contributed by atoms with Gasteiger partial charge in [-0.2, -0.15) is 0 Å². The number of hydrogen-bond donors (Lipinski definition) is 1. The first-order valence-electron chi connectivity index (χ1n) is 8.64. The Labute approximate surface area is 165 Å². The van der Waals surface area contributed by atoms with Crippen LogP contribution in [0.2, 0.25) is 5.02 Å². The highest BCUT2D eigenvalue weighted by atomic mass is 35.5. The summed E-state index contributed by atoms with van der Waals surface area (Å²) in [4.78, 5) is 36.5. The molecular weight excluding hydrogens is 378 g/mol.